The number of ketones is 2. The van der Waals surface area contributed by atoms with E-state index in [2.05, 4.69) is 4.98 Å². The van der Waals surface area contributed by atoms with E-state index in [9.17, 15) is 9.59 Å². The van der Waals surface area contributed by atoms with Crippen LogP contribution < -0.4 is 0 Å². The highest BCUT2D eigenvalue weighted by Crippen LogP contribution is 2.23. The summed E-state index contributed by atoms with van der Waals surface area (Å²) < 4.78 is 4.76. The third-order valence-electron chi connectivity index (χ3n) is 1.71. The minimum absolute atomic E-state index is 0.0587. The number of methoxy groups -OCH3 is 1. The fourth-order valence-corrected chi connectivity index (χ4v) is 1.80. The number of fused-ring (bicyclic) bond motifs is 1. The molecular formula is C8H5NO3S. The second-order valence-electron chi connectivity index (χ2n) is 2.44. The minimum Gasteiger partial charge on any atom is -0.492 e. The van der Waals surface area contributed by atoms with Crippen LogP contribution in [0.25, 0.3) is 0 Å². The van der Waals surface area contributed by atoms with Crippen molar-refractivity contribution >= 4 is 22.9 Å². The van der Waals surface area contributed by atoms with Crippen LogP contribution in [0.4, 0.5) is 0 Å². The number of hydrogen-bond donors (Lipinski definition) is 0. The van der Waals surface area contributed by atoms with Gasteiger partial charge >= 0.3 is 0 Å². The number of rotatable bonds is 1. The Hall–Kier alpha value is -1.49. The zero-order chi connectivity index (χ0) is 9.42. The first kappa shape index (κ1) is 8.12. The molecule has 13 heavy (non-hydrogen) atoms. The van der Waals surface area contributed by atoms with E-state index in [1.165, 1.54) is 30.0 Å². The summed E-state index contributed by atoms with van der Waals surface area (Å²) in [5, 5.41) is 0. The Morgan fingerprint density at radius 3 is 2.92 bits per heavy atom. The summed E-state index contributed by atoms with van der Waals surface area (Å²) in [6, 6.07) is 0. The molecule has 0 aromatic carbocycles. The van der Waals surface area contributed by atoms with Crippen LogP contribution in [0.5, 0.6) is 0 Å². The van der Waals surface area contributed by atoms with Gasteiger partial charge in [-0.3, -0.25) is 9.59 Å². The van der Waals surface area contributed by atoms with Crippen LogP contribution in [0.15, 0.2) is 17.3 Å². The van der Waals surface area contributed by atoms with E-state index in [0.717, 1.165) is 0 Å². The van der Waals surface area contributed by atoms with Gasteiger partial charge in [0.25, 0.3) is 0 Å². The van der Waals surface area contributed by atoms with E-state index in [4.69, 9.17) is 4.74 Å². The molecule has 66 valence electrons. The van der Waals surface area contributed by atoms with Crippen molar-refractivity contribution in [3.63, 3.8) is 0 Å². The highest BCUT2D eigenvalue weighted by molar-refractivity contribution is 7.12. The fraction of sp³-hybridized carbons (Fsp3) is 0.125. The van der Waals surface area contributed by atoms with Crippen LogP contribution in [0, 0.1) is 0 Å². The van der Waals surface area contributed by atoms with Crippen molar-refractivity contribution in [2.75, 3.05) is 7.11 Å². The molecule has 0 unspecified atom stereocenters. The van der Waals surface area contributed by atoms with Crippen molar-refractivity contribution in [1.82, 2.24) is 4.98 Å². The van der Waals surface area contributed by atoms with E-state index < -0.39 is 0 Å². The summed E-state index contributed by atoms with van der Waals surface area (Å²) >= 11 is 1.17. The molecule has 1 aromatic heterocycles. The third kappa shape index (κ3) is 1.08. The van der Waals surface area contributed by atoms with Gasteiger partial charge in [-0.2, -0.15) is 0 Å². The van der Waals surface area contributed by atoms with E-state index in [1.807, 2.05) is 0 Å². The number of nitrogens with zero attached hydrogens (tertiary/aromatic N) is 1. The molecule has 0 N–H and O–H groups in total. The number of aromatic nitrogens is 1. The summed E-state index contributed by atoms with van der Waals surface area (Å²) in [6.45, 7) is 0. The molecule has 0 radical (unpaired) electrons. The van der Waals surface area contributed by atoms with E-state index in [1.54, 1.807) is 0 Å². The summed E-state index contributed by atoms with van der Waals surface area (Å²) in [7, 11) is 1.36. The zero-order valence-electron chi connectivity index (χ0n) is 6.73. The summed E-state index contributed by atoms with van der Waals surface area (Å²) in [5.41, 5.74) is 1.68. The molecule has 1 aliphatic rings. The van der Waals surface area contributed by atoms with Crippen molar-refractivity contribution in [3.05, 3.63) is 27.9 Å². The first-order valence-electron chi connectivity index (χ1n) is 3.52. The molecule has 0 spiro atoms. The Kier molecular flexibility index (Phi) is 1.73. The topological polar surface area (TPSA) is 56.3 Å². The molecule has 0 saturated carbocycles. The van der Waals surface area contributed by atoms with Crippen LogP contribution in [0.1, 0.15) is 20.2 Å². The maximum absolute atomic E-state index is 11.5. The maximum atomic E-state index is 11.5. The molecule has 0 fully saturated rings. The number of carbonyl (C=O) groups is 2. The van der Waals surface area contributed by atoms with Crippen LogP contribution in [-0.2, 0) is 4.74 Å². The Balaban J connectivity index is 2.58. The molecule has 0 aliphatic heterocycles. The van der Waals surface area contributed by atoms with Crippen molar-refractivity contribution in [3.8, 4) is 0 Å². The molecule has 1 heterocycles. The van der Waals surface area contributed by atoms with Crippen molar-refractivity contribution < 1.29 is 14.3 Å². The lowest BCUT2D eigenvalue weighted by molar-refractivity contribution is 0.0914. The lowest BCUT2D eigenvalue weighted by atomic mass is 10.1. The Bertz CT molecular complexity index is 419. The van der Waals surface area contributed by atoms with E-state index in [-0.39, 0.29) is 23.0 Å². The van der Waals surface area contributed by atoms with Gasteiger partial charge in [0.1, 0.15) is 10.6 Å². The molecular weight excluding hydrogens is 190 g/mol. The minimum atomic E-state index is -0.321. The molecule has 1 aliphatic carbocycles. The maximum Gasteiger partial charge on any atom is 0.247 e. The lowest BCUT2D eigenvalue weighted by Gasteiger charge is -2.08. The standard InChI is InChI=1S/C8H5NO3S/c1-12-5-2-4(10)8-6(7(5)11)9-3-13-8/h2-3H,1H3. The number of hydrogen-bond acceptors (Lipinski definition) is 5. The van der Waals surface area contributed by atoms with E-state index in [0.29, 0.717) is 4.88 Å². The summed E-state index contributed by atoms with van der Waals surface area (Å²) in [4.78, 5) is 27.0. The first-order chi connectivity index (χ1) is 6.24. The Morgan fingerprint density at radius 2 is 2.23 bits per heavy atom. The fourth-order valence-electron chi connectivity index (χ4n) is 1.10. The van der Waals surface area contributed by atoms with Gasteiger partial charge in [-0.05, 0) is 0 Å². The highest BCUT2D eigenvalue weighted by atomic mass is 32.1. The van der Waals surface area contributed by atoms with Crippen LogP contribution in [0.2, 0.25) is 0 Å². The SMILES string of the molecule is COC1=CC(=O)c2scnc2C1=O. The van der Waals surface area contributed by atoms with Gasteiger partial charge < -0.3 is 4.74 Å². The number of Topliss-reactive ketones (excluding diaryl/α,β-unsaturated/α-hetero) is 1. The van der Waals surface area contributed by atoms with Gasteiger partial charge in [-0.25, -0.2) is 4.98 Å². The van der Waals surface area contributed by atoms with Crippen molar-refractivity contribution in [2.24, 2.45) is 0 Å². The van der Waals surface area contributed by atoms with Crippen LogP contribution >= 0.6 is 11.3 Å². The summed E-state index contributed by atoms with van der Waals surface area (Å²) in [5.74, 6) is -0.476. The molecule has 5 heteroatoms. The largest absolute Gasteiger partial charge is 0.492 e. The number of allylic oxidation sites excluding steroid dienone is 2. The summed E-state index contributed by atoms with van der Waals surface area (Å²) in [6.07, 6.45) is 1.20. The van der Waals surface area contributed by atoms with Gasteiger partial charge in [0, 0.05) is 6.08 Å². The second-order valence-corrected chi connectivity index (χ2v) is 3.29. The molecule has 1 aromatic rings. The van der Waals surface area contributed by atoms with Crippen LogP contribution in [-0.4, -0.2) is 23.7 Å². The normalized spacial score (nSPS) is 15.3. The van der Waals surface area contributed by atoms with Gasteiger partial charge in [-0.15, -0.1) is 11.3 Å². The lowest BCUT2D eigenvalue weighted by Crippen LogP contribution is -2.16. The highest BCUT2D eigenvalue weighted by Gasteiger charge is 2.28. The molecule has 0 amide bonds. The average molecular weight is 195 g/mol. The van der Waals surface area contributed by atoms with Gasteiger partial charge in [0.2, 0.25) is 11.6 Å². The van der Waals surface area contributed by atoms with E-state index >= 15 is 0 Å². The third-order valence-corrected chi connectivity index (χ3v) is 2.55. The van der Waals surface area contributed by atoms with Gasteiger partial charge in [0.15, 0.2) is 5.76 Å². The number of ether oxygens (including phenoxy) is 1. The predicted octanol–water partition coefficient (Wildman–Crippen LogP) is 1.05. The molecule has 0 bridgehead atoms. The Morgan fingerprint density at radius 1 is 1.46 bits per heavy atom. The Labute approximate surface area is 77.9 Å². The number of carbonyl (C=O) groups excluding carboxylic acids is 2. The second kappa shape index (κ2) is 2.77. The first-order valence-corrected chi connectivity index (χ1v) is 4.40. The van der Waals surface area contributed by atoms with Crippen LogP contribution in [0.3, 0.4) is 0 Å². The molecule has 0 atom stereocenters. The predicted molar refractivity (Wildman–Crippen MR) is 45.9 cm³/mol. The molecule has 2 rings (SSSR count). The quantitative estimate of drug-likeness (QED) is 0.672. The van der Waals surface area contributed by atoms with Crippen molar-refractivity contribution in [2.45, 2.75) is 0 Å². The van der Waals surface area contributed by atoms with Crippen molar-refractivity contribution in [1.29, 1.82) is 0 Å². The zero-order valence-corrected chi connectivity index (χ0v) is 7.55. The van der Waals surface area contributed by atoms with Gasteiger partial charge in [0.05, 0.1) is 12.6 Å². The monoisotopic (exact) mass is 195 g/mol. The average Bonchev–Trinajstić information content (AvgIpc) is 2.60. The number of thiazole rings is 1. The molecule has 0 saturated heterocycles. The smallest absolute Gasteiger partial charge is 0.247 e. The molecule has 4 nitrogen and oxygen atoms in total. The van der Waals surface area contributed by atoms with Gasteiger partial charge in [-0.1, -0.05) is 0 Å².